The topological polar surface area (TPSA) is 20.2 Å². The average Bonchev–Trinajstić information content (AvgIpc) is 2.33. The Morgan fingerprint density at radius 2 is 2.00 bits per heavy atom. The molecule has 1 nitrogen and oxygen atoms in total. The van der Waals surface area contributed by atoms with E-state index in [1.54, 1.807) is 0 Å². The Bertz CT molecular complexity index is 109. The Kier molecular flexibility index (Phi) is 3.00. The maximum atomic E-state index is 9.35. The third-order valence-corrected chi connectivity index (χ3v) is 3.14. The Morgan fingerprint density at radius 3 is 2.27 bits per heavy atom. The van der Waals surface area contributed by atoms with Gasteiger partial charge in [-0.25, -0.2) is 0 Å². The van der Waals surface area contributed by atoms with Gasteiger partial charge in [-0.15, -0.1) is 0 Å². The van der Waals surface area contributed by atoms with Gasteiger partial charge in [0.1, 0.15) is 0 Å². The van der Waals surface area contributed by atoms with Crippen LogP contribution in [-0.4, -0.2) is 11.9 Å². The standard InChI is InChI=1S/C9H19BO/c1-7(2)8-4-5-9(6-8)10(3)11/h7-9,11H,4-6H2,1-3H3. The van der Waals surface area contributed by atoms with Crippen LogP contribution in [0.5, 0.6) is 0 Å². The predicted octanol–water partition coefficient (Wildman–Crippen LogP) is 2.43. The minimum absolute atomic E-state index is 0.0845. The summed E-state index contributed by atoms with van der Waals surface area (Å²) in [5.74, 6) is 2.26. The van der Waals surface area contributed by atoms with Gasteiger partial charge >= 0.3 is 0 Å². The molecule has 0 spiro atoms. The molecule has 0 aliphatic heterocycles. The second kappa shape index (κ2) is 3.62. The van der Waals surface area contributed by atoms with Gasteiger partial charge in [-0.05, 0) is 17.7 Å². The molecule has 1 saturated carbocycles. The Hall–Kier alpha value is 0.0249. The molecule has 1 aliphatic carbocycles. The maximum Gasteiger partial charge on any atom is 0.288 e. The van der Waals surface area contributed by atoms with Crippen molar-refractivity contribution in [1.82, 2.24) is 0 Å². The highest BCUT2D eigenvalue weighted by Crippen LogP contribution is 2.40. The monoisotopic (exact) mass is 154 g/mol. The van der Waals surface area contributed by atoms with E-state index in [-0.39, 0.29) is 6.92 Å². The van der Waals surface area contributed by atoms with E-state index in [1.165, 1.54) is 19.3 Å². The van der Waals surface area contributed by atoms with Crippen LogP contribution in [0.2, 0.25) is 12.6 Å². The smallest absolute Gasteiger partial charge is 0.288 e. The number of hydrogen-bond acceptors (Lipinski definition) is 1. The van der Waals surface area contributed by atoms with Crippen molar-refractivity contribution in [3.63, 3.8) is 0 Å². The van der Waals surface area contributed by atoms with Crippen LogP contribution in [0.1, 0.15) is 33.1 Å². The van der Waals surface area contributed by atoms with Crippen LogP contribution in [0, 0.1) is 11.8 Å². The lowest BCUT2D eigenvalue weighted by Gasteiger charge is -2.14. The first-order chi connectivity index (χ1) is 5.11. The summed E-state index contributed by atoms with van der Waals surface area (Å²) < 4.78 is 0. The first-order valence-electron chi connectivity index (χ1n) is 4.79. The van der Waals surface area contributed by atoms with Crippen LogP contribution < -0.4 is 0 Å². The molecule has 0 heterocycles. The van der Waals surface area contributed by atoms with Crippen LogP contribution in [0.3, 0.4) is 0 Å². The second-order valence-electron chi connectivity index (χ2n) is 4.32. The molecule has 64 valence electrons. The normalized spacial score (nSPS) is 31.4. The molecule has 1 fully saturated rings. The molecule has 0 aromatic rings. The fraction of sp³-hybridized carbons (Fsp3) is 1.00. The highest BCUT2D eigenvalue weighted by molar-refractivity contribution is 6.50. The Morgan fingerprint density at radius 1 is 1.36 bits per heavy atom. The molecule has 0 radical (unpaired) electrons. The van der Waals surface area contributed by atoms with Crippen molar-refractivity contribution in [3.8, 4) is 0 Å². The van der Waals surface area contributed by atoms with E-state index < -0.39 is 0 Å². The van der Waals surface area contributed by atoms with Gasteiger partial charge in [-0.2, -0.15) is 0 Å². The average molecular weight is 154 g/mol. The van der Waals surface area contributed by atoms with E-state index in [4.69, 9.17) is 0 Å². The minimum atomic E-state index is -0.0845. The molecule has 11 heavy (non-hydrogen) atoms. The largest absolute Gasteiger partial charge is 0.450 e. The van der Waals surface area contributed by atoms with Crippen LogP contribution in [0.4, 0.5) is 0 Å². The van der Waals surface area contributed by atoms with Crippen molar-refractivity contribution < 1.29 is 5.02 Å². The summed E-state index contributed by atoms with van der Waals surface area (Å²) in [4.78, 5) is 0. The first-order valence-corrected chi connectivity index (χ1v) is 4.79. The molecule has 2 atom stereocenters. The van der Waals surface area contributed by atoms with Gasteiger partial charge in [0.15, 0.2) is 0 Å². The van der Waals surface area contributed by atoms with Gasteiger partial charge in [0.05, 0.1) is 0 Å². The van der Waals surface area contributed by atoms with E-state index >= 15 is 0 Å². The molecule has 2 heteroatoms. The lowest BCUT2D eigenvalue weighted by molar-refractivity contribution is 0.394. The van der Waals surface area contributed by atoms with Gasteiger partial charge in [-0.1, -0.05) is 39.9 Å². The van der Waals surface area contributed by atoms with Gasteiger partial charge in [0.2, 0.25) is 0 Å². The van der Waals surface area contributed by atoms with Crippen molar-refractivity contribution in [2.75, 3.05) is 0 Å². The summed E-state index contributed by atoms with van der Waals surface area (Å²) in [6.07, 6.45) is 3.81. The third-order valence-electron chi connectivity index (χ3n) is 3.14. The van der Waals surface area contributed by atoms with Gasteiger partial charge in [-0.3, -0.25) is 0 Å². The summed E-state index contributed by atoms with van der Waals surface area (Å²) in [6, 6.07) is 0. The molecule has 0 bridgehead atoms. The molecule has 2 unspecified atom stereocenters. The van der Waals surface area contributed by atoms with Crippen molar-refractivity contribution in [2.45, 2.75) is 45.8 Å². The van der Waals surface area contributed by atoms with Crippen LogP contribution in [0.25, 0.3) is 0 Å². The van der Waals surface area contributed by atoms with Crippen molar-refractivity contribution in [2.24, 2.45) is 11.8 Å². The number of hydrogen-bond donors (Lipinski definition) is 1. The van der Waals surface area contributed by atoms with E-state index in [9.17, 15) is 5.02 Å². The number of rotatable bonds is 2. The lowest BCUT2D eigenvalue weighted by atomic mass is 9.57. The molecule has 0 saturated heterocycles. The maximum absolute atomic E-state index is 9.35. The first kappa shape index (κ1) is 9.12. The minimum Gasteiger partial charge on any atom is -0.450 e. The summed E-state index contributed by atoms with van der Waals surface area (Å²) in [5.41, 5.74) is 0. The molecule has 1 rings (SSSR count). The van der Waals surface area contributed by atoms with E-state index in [0.29, 0.717) is 5.82 Å². The molecular formula is C9H19BO. The quantitative estimate of drug-likeness (QED) is 0.605. The Balaban J connectivity index is 2.35. The fourth-order valence-electron chi connectivity index (χ4n) is 2.10. The van der Waals surface area contributed by atoms with Crippen LogP contribution >= 0.6 is 0 Å². The summed E-state index contributed by atoms with van der Waals surface area (Å²) >= 11 is 0. The highest BCUT2D eigenvalue weighted by atomic mass is 16.2. The van der Waals surface area contributed by atoms with Gasteiger partial charge in [0, 0.05) is 0 Å². The van der Waals surface area contributed by atoms with Gasteiger partial charge in [0.25, 0.3) is 6.92 Å². The molecular weight excluding hydrogens is 135 g/mol. The van der Waals surface area contributed by atoms with E-state index in [0.717, 1.165) is 11.8 Å². The van der Waals surface area contributed by atoms with E-state index in [2.05, 4.69) is 13.8 Å². The van der Waals surface area contributed by atoms with Crippen molar-refractivity contribution in [1.29, 1.82) is 0 Å². The lowest BCUT2D eigenvalue weighted by Crippen LogP contribution is -2.14. The van der Waals surface area contributed by atoms with Crippen molar-refractivity contribution >= 4 is 6.92 Å². The zero-order valence-electron chi connectivity index (χ0n) is 7.88. The van der Waals surface area contributed by atoms with Crippen LogP contribution in [0.15, 0.2) is 0 Å². The predicted molar refractivity (Wildman–Crippen MR) is 49.8 cm³/mol. The SMILES string of the molecule is CB(O)C1CCC(C(C)C)C1. The highest BCUT2D eigenvalue weighted by Gasteiger charge is 2.31. The summed E-state index contributed by atoms with van der Waals surface area (Å²) in [5, 5.41) is 9.35. The molecule has 0 aromatic heterocycles. The third kappa shape index (κ3) is 2.23. The molecule has 1 aliphatic rings. The zero-order chi connectivity index (χ0) is 8.43. The van der Waals surface area contributed by atoms with E-state index in [1.807, 2.05) is 6.82 Å². The van der Waals surface area contributed by atoms with Crippen molar-refractivity contribution in [3.05, 3.63) is 0 Å². The Labute approximate surface area is 70.3 Å². The molecule has 1 N–H and O–H groups in total. The molecule has 0 aromatic carbocycles. The molecule has 0 amide bonds. The summed E-state index contributed by atoms with van der Waals surface area (Å²) in [6.45, 7) is 6.41. The second-order valence-corrected chi connectivity index (χ2v) is 4.32. The van der Waals surface area contributed by atoms with Crippen LogP contribution in [-0.2, 0) is 0 Å². The fourth-order valence-corrected chi connectivity index (χ4v) is 2.10. The van der Waals surface area contributed by atoms with Gasteiger partial charge < -0.3 is 5.02 Å². The summed E-state index contributed by atoms with van der Waals surface area (Å²) in [7, 11) is 0. The zero-order valence-corrected chi connectivity index (χ0v) is 7.88.